The molecule has 122 valence electrons. The smallest absolute Gasteiger partial charge is 0.282 e. The summed E-state index contributed by atoms with van der Waals surface area (Å²) < 4.78 is 20.4. The largest absolute Gasteiger partial charge is 0.373 e. The molecular weight excluding hydrogens is 256 g/mol. The average molecular weight is 290 g/mol. The summed E-state index contributed by atoms with van der Waals surface area (Å²) >= 11 is 0. The maximum atomic E-state index is 5.24. The molecule has 0 aromatic heterocycles. The molecule has 1 aliphatic heterocycles. The Bertz CT molecular complexity index is 192. The Balaban J connectivity index is 0.000000760. The normalized spacial score (nSPS) is 17.6. The molecule has 1 fully saturated rings. The van der Waals surface area contributed by atoms with Crippen LogP contribution in [0.25, 0.3) is 0 Å². The first-order valence-electron chi connectivity index (χ1n) is 7.91. The Labute approximate surface area is 125 Å². The third-order valence-corrected chi connectivity index (χ3v) is 3.52. The van der Waals surface area contributed by atoms with Crippen LogP contribution in [0.2, 0.25) is 0 Å². The van der Waals surface area contributed by atoms with E-state index in [0.29, 0.717) is 6.10 Å². The predicted octanol–water partition coefficient (Wildman–Crippen LogP) is 4.13. The maximum absolute atomic E-state index is 5.24. The first-order chi connectivity index (χ1) is 9.64. The van der Waals surface area contributed by atoms with E-state index in [4.69, 9.17) is 18.9 Å². The number of unbranched alkanes of at least 4 members (excludes halogenated alkanes) is 6. The summed E-state index contributed by atoms with van der Waals surface area (Å²) in [5.74, 6) is -0.830. The van der Waals surface area contributed by atoms with Crippen LogP contribution in [0.3, 0.4) is 0 Å². The molecule has 0 aromatic rings. The second-order valence-electron chi connectivity index (χ2n) is 5.31. The number of hydrogen-bond acceptors (Lipinski definition) is 4. The van der Waals surface area contributed by atoms with Crippen LogP contribution in [0.15, 0.2) is 0 Å². The molecule has 20 heavy (non-hydrogen) atoms. The highest BCUT2D eigenvalue weighted by molar-refractivity contribution is 4.58. The summed E-state index contributed by atoms with van der Waals surface area (Å²) in [6, 6.07) is 0. The molecule has 1 unspecified atom stereocenters. The molecule has 0 aromatic carbocycles. The minimum Gasteiger partial charge on any atom is -0.373 e. The lowest BCUT2D eigenvalue weighted by atomic mass is 10.1. The van der Waals surface area contributed by atoms with Crippen LogP contribution >= 0.6 is 0 Å². The number of methoxy groups -OCH3 is 3. The summed E-state index contributed by atoms with van der Waals surface area (Å²) in [6.07, 6.45) is 10.4. The molecule has 1 saturated heterocycles. The van der Waals surface area contributed by atoms with Gasteiger partial charge in [-0.15, -0.1) is 0 Å². The molecule has 1 aliphatic rings. The van der Waals surface area contributed by atoms with Gasteiger partial charge in [0.05, 0.1) is 12.7 Å². The lowest BCUT2D eigenvalue weighted by Gasteiger charge is -2.28. The molecule has 0 aliphatic carbocycles. The minimum absolute atomic E-state index is 0.583. The summed E-state index contributed by atoms with van der Waals surface area (Å²) in [6.45, 7) is 5.28. The molecule has 0 N–H and O–H groups in total. The molecule has 0 spiro atoms. The Morgan fingerprint density at radius 3 is 1.65 bits per heavy atom. The lowest BCUT2D eigenvalue weighted by Crippen LogP contribution is -2.35. The fraction of sp³-hybridized carbons (Fsp3) is 1.00. The molecule has 0 radical (unpaired) electrons. The highest BCUT2D eigenvalue weighted by atomic mass is 16.9. The van der Waals surface area contributed by atoms with Crippen molar-refractivity contribution < 1.29 is 18.9 Å². The molecule has 0 amide bonds. The second kappa shape index (κ2) is 12.6. The zero-order chi connectivity index (χ0) is 15.3. The molecule has 0 saturated carbocycles. The fourth-order valence-electron chi connectivity index (χ4n) is 1.95. The lowest BCUT2D eigenvalue weighted by molar-refractivity contribution is -0.355. The molecule has 0 bridgehead atoms. The van der Waals surface area contributed by atoms with Crippen LogP contribution in [0, 0.1) is 0 Å². The van der Waals surface area contributed by atoms with Crippen molar-refractivity contribution in [1.82, 2.24) is 0 Å². The van der Waals surface area contributed by atoms with E-state index in [1.54, 1.807) is 21.3 Å². The first-order valence-corrected chi connectivity index (χ1v) is 7.91. The number of rotatable bonds is 11. The molecule has 4 nitrogen and oxygen atoms in total. The van der Waals surface area contributed by atoms with Crippen LogP contribution in [-0.4, -0.2) is 40.0 Å². The van der Waals surface area contributed by atoms with Gasteiger partial charge in [0.25, 0.3) is 5.97 Å². The predicted molar refractivity (Wildman–Crippen MR) is 81.8 cm³/mol. The van der Waals surface area contributed by atoms with Gasteiger partial charge >= 0.3 is 0 Å². The van der Waals surface area contributed by atoms with Gasteiger partial charge in [0.15, 0.2) is 0 Å². The molecule has 4 heteroatoms. The van der Waals surface area contributed by atoms with E-state index in [0.717, 1.165) is 19.4 Å². The number of epoxide rings is 1. The van der Waals surface area contributed by atoms with Crippen molar-refractivity contribution in [1.29, 1.82) is 0 Å². The topological polar surface area (TPSA) is 40.2 Å². The SMILES string of the molecule is CC1CO1.CCCCCCCCCC(OC)(OC)OC. The van der Waals surface area contributed by atoms with Crippen molar-refractivity contribution in [2.75, 3.05) is 27.9 Å². The van der Waals surface area contributed by atoms with E-state index >= 15 is 0 Å². The van der Waals surface area contributed by atoms with E-state index in [9.17, 15) is 0 Å². The minimum atomic E-state index is -0.830. The zero-order valence-corrected chi connectivity index (χ0v) is 14.1. The molecule has 1 rings (SSSR count). The van der Waals surface area contributed by atoms with Crippen molar-refractivity contribution in [3.8, 4) is 0 Å². The second-order valence-corrected chi connectivity index (χ2v) is 5.31. The van der Waals surface area contributed by atoms with Crippen LogP contribution in [-0.2, 0) is 18.9 Å². The van der Waals surface area contributed by atoms with E-state index in [1.165, 1.54) is 38.5 Å². The van der Waals surface area contributed by atoms with Crippen LogP contribution in [0.5, 0.6) is 0 Å². The molecule has 1 atom stereocenters. The van der Waals surface area contributed by atoms with Gasteiger partial charge in [-0.2, -0.15) is 0 Å². The highest BCUT2D eigenvalue weighted by Gasteiger charge is 2.28. The Kier molecular flexibility index (Phi) is 12.5. The summed E-state index contributed by atoms with van der Waals surface area (Å²) in [5, 5.41) is 0. The van der Waals surface area contributed by atoms with Gasteiger partial charge in [-0.1, -0.05) is 45.4 Å². The van der Waals surface area contributed by atoms with Gasteiger partial charge in [-0.25, -0.2) is 0 Å². The zero-order valence-electron chi connectivity index (χ0n) is 14.1. The third kappa shape index (κ3) is 10.6. The van der Waals surface area contributed by atoms with Gasteiger partial charge in [-0.3, -0.25) is 0 Å². The molecule has 1 heterocycles. The van der Waals surface area contributed by atoms with Gasteiger partial charge in [0.2, 0.25) is 0 Å². The van der Waals surface area contributed by atoms with Crippen molar-refractivity contribution in [2.24, 2.45) is 0 Å². The van der Waals surface area contributed by atoms with Crippen LogP contribution in [0.1, 0.15) is 65.2 Å². The van der Waals surface area contributed by atoms with Crippen molar-refractivity contribution in [3.63, 3.8) is 0 Å². The maximum Gasteiger partial charge on any atom is 0.282 e. The fourth-order valence-corrected chi connectivity index (χ4v) is 1.95. The van der Waals surface area contributed by atoms with Crippen molar-refractivity contribution in [3.05, 3.63) is 0 Å². The van der Waals surface area contributed by atoms with Gasteiger partial charge in [0.1, 0.15) is 0 Å². The number of hydrogen-bond donors (Lipinski definition) is 0. The summed E-state index contributed by atoms with van der Waals surface area (Å²) in [4.78, 5) is 0. The highest BCUT2D eigenvalue weighted by Crippen LogP contribution is 2.21. The average Bonchev–Trinajstić information content (AvgIpc) is 3.26. The van der Waals surface area contributed by atoms with Gasteiger partial charge in [0, 0.05) is 27.8 Å². The number of ether oxygens (including phenoxy) is 4. The van der Waals surface area contributed by atoms with Crippen LogP contribution < -0.4 is 0 Å². The van der Waals surface area contributed by atoms with Crippen molar-refractivity contribution >= 4 is 0 Å². The summed E-state index contributed by atoms with van der Waals surface area (Å²) in [5.41, 5.74) is 0. The monoisotopic (exact) mass is 290 g/mol. The van der Waals surface area contributed by atoms with E-state index in [-0.39, 0.29) is 0 Å². The van der Waals surface area contributed by atoms with Crippen molar-refractivity contribution in [2.45, 2.75) is 77.3 Å². The first kappa shape index (κ1) is 19.8. The Hall–Kier alpha value is -0.160. The Morgan fingerprint density at radius 1 is 0.900 bits per heavy atom. The van der Waals surface area contributed by atoms with E-state index < -0.39 is 5.97 Å². The van der Waals surface area contributed by atoms with Gasteiger partial charge < -0.3 is 18.9 Å². The molecular formula is C16H34O4. The summed E-state index contributed by atoms with van der Waals surface area (Å²) in [7, 11) is 4.86. The van der Waals surface area contributed by atoms with E-state index in [1.807, 2.05) is 0 Å². The van der Waals surface area contributed by atoms with Crippen LogP contribution in [0.4, 0.5) is 0 Å². The Morgan fingerprint density at radius 2 is 1.30 bits per heavy atom. The third-order valence-electron chi connectivity index (χ3n) is 3.52. The quantitative estimate of drug-likeness (QED) is 0.326. The van der Waals surface area contributed by atoms with Gasteiger partial charge in [-0.05, 0) is 13.3 Å². The standard InChI is InChI=1S/C13H28O3.C3H6O/c1-5-6-7-8-9-10-11-12-13(14-2,15-3)16-4;1-3-2-4-3/h5-12H2,1-4H3;3H,2H2,1H3. The van der Waals surface area contributed by atoms with E-state index in [2.05, 4.69) is 13.8 Å².